The van der Waals surface area contributed by atoms with E-state index in [9.17, 15) is 0 Å². The molecule has 1 aromatic heterocycles. The highest BCUT2D eigenvalue weighted by Crippen LogP contribution is 2.23. The van der Waals surface area contributed by atoms with Crippen LogP contribution >= 0.6 is 23.2 Å². The maximum absolute atomic E-state index is 5.85. The zero-order valence-electron chi connectivity index (χ0n) is 7.98. The van der Waals surface area contributed by atoms with Crippen LogP contribution in [-0.2, 0) is 0 Å². The van der Waals surface area contributed by atoms with Crippen molar-refractivity contribution in [3.05, 3.63) is 34.6 Å². The van der Waals surface area contributed by atoms with E-state index < -0.39 is 0 Å². The molecule has 0 amide bonds. The Kier molecular flexibility index (Phi) is 3.07. The first-order chi connectivity index (χ1) is 7.63. The number of nitrogens with two attached hydrogens (primary N) is 1. The summed E-state index contributed by atoms with van der Waals surface area (Å²) in [5, 5.41) is 3.97. The van der Waals surface area contributed by atoms with Gasteiger partial charge in [0.15, 0.2) is 0 Å². The van der Waals surface area contributed by atoms with Crippen LogP contribution in [0.25, 0.3) is 0 Å². The van der Waals surface area contributed by atoms with E-state index in [0.29, 0.717) is 21.7 Å². The number of hydrogen-bond acceptors (Lipinski definition) is 5. The number of rotatable bonds is 2. The Bertz CT molecular complexity index is 497. The second-order valence-corrected chi connectivity index (χ2v) is 3.82. The first kappa shape index (κ1) is 10.9. The summed E-state index contributed by atoms with van der Waals surface area (Å²) in [6, 6.07) is 5.04. The maximum Gasteiger partial charge on any atom is 0.231 e. The molecular weight excluding hydrogens is 249 g/mol. The zero-order valence-corrected chi connectivity index (χ0v) is 9.50. The number of nitrogens with zero attached hydrogens (tertiary/aromatic N) is 3. The van der Waals surface area contributed by atoms with Crippen molar-refractivity contribution >= 4 is 40.8 Å². The molecule has 0 saturated carbocycles. The van der Waals surface area contributed by atoms with Gasteiger partial charge in [0.1, 0.15) is 6.33 Å². The molecule has 0 unspecified atom stereocenters. The molecule has 16 heavy (non-hydrogen) atoms. The highest BCUT2D eigenvalue weighted by molar-refractivity contribution is 6.35. The lowest BCUT2D eigenvalue weighted by Gasteiger charge is -2.05. The third kappa shape index (κ3) is 2.71. The monoisotopic (exact) mass is 255 g/mol. The van der Waals surface area contributed by atoms with Gasteiger partial charge in [-0.05, 0) is 18.2 Å². The third-order valence-corrected chi connectivity index (χ3v) is 2.15. The molecule has 0 fully saturated rings. The molecule has 0 bridgehead atoms. The molecule has 0 radical (unpaired) electrons. The SMILES string of the molecule is Nc1ncnc(Nc2cc(Cl)cc(Cl)c2)n1. The number of anilines is 3. The predicted octanol–water partition coefficient (Wildman–Crippen LogP) is 2.50. The molecule has 0 aliphatic heterocycles. The first-order valence-electron chi connectivity index (χ1n) is 4.31. The van der Waals surface area contributed by atoms with Crippen molar-refractivity contribution in [2.45, 2.75) is 0 Å². The molecule has 0 spiro atoms. The van der Waals surface area contributed by atoms with Gasteiger partial charge in [-0.15, -0.1) is 0 Å². The van der Waals surface area contributed by atoms with Crippen LogP contribution in [0, 0.1) is 0 Å². The van der Waals surface area contributed by atoms with Crippen LogP contribution in [0.1, 0.15) is 0 Å². The Labute approximate surface area is 102 Å². The van der Waals surface area contributed by atoms with E-state index >= 15 is 0 Å². The van der Waals surface area contributed by atoms with Gasteiger partial charge < -0.3 is 11.1 Å². The average molecular weight is 256 g/mol. The van der Waals surface area contributed by atoms with Crippen LogP contribution in [0.15, 0.2) is 24.5 Å². The summed E-state index contributed by atoms with van der Waals surface area (Å²) in [6.07, 6.45) is 1.32. The summed E-state index contributed by atoms with van der Waals surface area (Å²) < 4.78 is 0. The normalized spacial score (nSPS) is 10.1. The van der Waals surface area contributed by atoms with Crippen molar-refractivity contribution in [3.8, 4) is 0 Å². The van der Waals surface area contributed by atoms with Gasteiger partial charge in [0, 0.05) is 15.7 Å². The number of nitrogen functional groups attached to an aromatic ring is 1. The Balaban J connectivity index is 2.27. The largest absolute Gasteiger partial charge is 0.368 e. The Morgan fingerprint density at radius 3 is 2.38 bits per heavy atom. The van der Waals surface area contributed by atoms with E-state index in [1.54, 1.807) is 18.2 Å². The Hall–Kier alpha value is -1.59. The number of hydrogen-bond donors (Lipinski definition) is 2. The quantitative estimate of drug-likeness (QED) is 0.863. The number of aromatic nitrogens is 3. The number of nitrogens with one attached hydrogen (secondary N) is 1. The van der Waals surface area contributed by atoms with Gasteiger partial charge in [-0.2, -0.15) is 4.98 Å². The van der Waals surface area contributed by atoms with Crippen molar-refractivity contribution in [1.29, 1.82) is 0 Å². The van der Waals surface area contributed by atoms with E-state index in [-0.39, 0.29) is 5.95 Å². The van der Waals surface area contributed by atoms with Gasteiger partial charge in [0.25, 0.3) is 0 Å². The Morgan fingerprint density at radius 1 is 1.06 bits per heavy atom. The van der Waals surface area contributed by atoms with Gasteiger partial charge >= 0.3 is 0 Å². The smallest absolute Gasteiger partial charge is 0.231 e. The Morgan fingerprint density at radius 2 is 1.75 bits per heavy atom. The summed E-state index contributed by atoms with van der Waals surface area (Å²) in [6.45, 7) is 0. The van der Waals surface area contributed by atoms with Gasteiger partial charge in [-0.1, -0.05) is 23.2 Å². The van der Waals surface area contributed by atoms with E-state index in [1.165, 1.54) is 6.33 Å². The van der Waals surface area contributed by atoms with Gasteiger partial charge in [0.05, 0.1) is 0 Å². The van der Waals surface area contributed by atoms with Crippen molar-refractivity contribution < 1.29 is 0 Å². The molecule has 1 heterocycles. The molecule has 2 aromatic rings. The molecule has 5 nitrogen and oxygen atoms in total. The lowest BCUT2D eigenvalue weighted by molar-refractivity contribution is 1.07. The molecule has 2 rings (SSSR count). The summed E-state index contributed by atoms with van der Waals surface area (Å²) in [7, 11) is 0. The third-order valence-electron chi connectivity index (χ3n) is 1.71. The minimum Gasteiger partial charge on any atom is -0.368 e. The van der Waals surface area contributed by atoms with E-state index in [4.69, 9.17) is 28.9 Å². The second-order valence-electron chi connectivity index (χ2n) is 2.95. The lowest BCUT2D eigenvalue weighted by Crippen LogP contribution is -2.01. The summed E-state index contributed by atoms with van der Waals surface area (Å²) in [5.74, 6) is 0.483. The number of benzene rings is 1. The summed E-state index contributed by atoms with van der Waals surface area (Å²) >= 11 is 11.7. The topological polar surface area (TPSA) is 76.7 Å². The molecular formula is C9H7Cl2N5. The first-order valence-corrected chi connectivity index (χ1v) is 5.07. The molecule has 0 atom stereocenters. The summed E-state index contributed by atoms with van der Waals surface area (Å²) in [5.41, 5.74) is 6.10. The minimum atomic E-state index is 0.144. The van der Waals surface area contributed by atoms with Crippen molar-refractivity contribution in [2.24, 2.45) is 0 Å². The molecule has 7 heteroatoms. The molecule has 1 aromatic carbocycles. The van der Waals surface area contributed by atoms with Crippen molar-refractivity contribution in [3.63, 3.8) is 0 Å². The highest BCUT2D eigenvalue weighted by atomic mass is 35.5. The average Bonchev–Trinajstić information content (AvgIpc) is 2.15. The fourth-order valence-electron chi connectivity index (χ4n) is 1.12. The lowest BCUT2D eigenvalue weighted by atomic mass is 10.3. The standard InChI is InChI=1S/C9H7Cl2N5/c10-5-1-6(11)3-7(2-5)15-9-14-4-13-8(12)16-9/h1-4H,(H3,12,13,14,15,16). The van der Waals surface area contributed by atoms with Crippen molar-refractivity contribution in [2.75, 3.05) is 11.1 Å². The number of halogens is 2. The zero-order chi connectivity index (χ0) is 11.5. The molecule has 0 aliphatic rings. The fraction of sp³-hybridized carbons (Fsp3) is 0. The molecule has 0 aliphatic carbocycles. The van der Waals surface area contributed by atoms with Crippen LogP contribution in [0.3, 0.4) is 0 Å². The van der Waals surface area contributed by atoms with Crippen molar-refractivity contribution in [1.82, 2.24) is 15.0 Å². The maximum atomic E-state index is 5.85. The highest BCUT2D eigenvalue weighted by Gasteiger charge is 2.01. The van der Waals surface area contributed by atoms with Gasteiger partial charge in [-0.25, -0.2) is 9.97 Å². The fourth-order valence-corrected chi connectivity index (χ4v) is 1.65. The molecule has 82 valence electrons. The van der Waals surface area contributed by atoms with E-state index in [0.717, 1.165) is 0 Å². The van der Waals surface area contributed by atoms with Gasteiger partial charge in [0.2, 0.25) is 11.9 Å². The predicted molar refractivity (Wildman–Crippen MR) is 64.0 cm³/mol. The van der Waals surface area contributed by atoms with Crippen LogP contribution in [-0.4, -0.2) is 15.0 Å². The second kappa shape index (κ2) is 4.51. The van der Waals surface area contributed by atoms with Crippen LogP contribution < -0.4 is 11.1 Å². The van der Waals surface area contributed by atoms with Crippen LogP contribution in [0.2, 0.25) is 10.0 Å². The van der Waals surface area contributed by atoms with Crippen LogP contribution in [0.5, 0.6) is 0 Å². The van der Waals surface area contributed by atoms with Gasteiger partial charge in [-0.3, -0.25) is 0 Å². The minimum absolute atomic E-state index is 0.144. The van der Waals surface area contributed by atoms with E-state index in [2.05, 4.69) is 20.3 Å². The van der Waals surface area contributed by atoms with E-state index in [1.807, 2.05) is 0 Å². The van der Waals surface area contributed by atoms with Crippen LogP contribution in [0.4, 0.5) is 17.6 Å². The summed E-state index contributed by atoms with van der Waals surface area (Å²) in [4.78, 5) is 11.5. The molecule has 0 saturated heterocycles. The molecule has 3 N–H and O–H groups in total.